The summed E-state index contributed by atoms with van der Waals surface area (Å²) in [7, 11) is 0. The van der Waals surface area contributed by atoms with Gasteiger partial charge in [0, 0.05) is 5.69 Å². The van der Waals surface area contributed by atoms with Crippen molar-refractivity contribution in [2.45, 2.75) is 51.6 Å². The van der Waals surface area contributed by atoms with Gasteiger partial charge < -0.3 is 16.0 Å². The zero-order valence-corrected chi connectivity index (χ0v) is 13.1. The van der Waals surface area contributed by atoms with E-state index >= 15 is 0 Å². The molecule has 5 nitrogen and oxygen atoms in total. The third-order valence-corrected chi connectivity index (χ3v) is 4.85. The average Bonchev–Trinajstić information content (AvgIpc) is 3.31. The van der Waals surface area contributed by atoms with Crippen molar-refractivity contribution in [3.05, 3.63) is 29.3 Å². The summed E-state index contributed by atoms with van der Waals surface area (Å²) in [4.78, 5) is 26.0. The number of carbonyl (C=O) groups is 2. The maximum Gasteiger partial charge on any atom is 0.315 e. The van der Waals surface area contributed by atoms with Crippen LogP contribution in [-0.4, -0.2) is 22.9 Å². The van der Waals surface area contributed by atoms with E-state index in [4.69, 9.17) is 5.73 Å². The molecule has 5 heteroatoms. The van der Waals surface area contributed by atoms with Gasteiger partial charge in [-0.2, -0.15) is 0 Å². The van der Waals surface area contributed by atoms with Gasteiger partial charge in [-0.1, -0.05) is 32.4 Å². The van der Waals surface area contributed by atoms with E-state index in [1.54, 1.807) is 0 Å². The van der Waals surface area contributed by atoms with Gasteiger partial charge in [0.1, 0.15) is 6.04 Å². The fourth-order valence-corrected chi connectivity index (χ4v) is 3.17. The first kappa shape index (κ1) is 14.9. The molecule has 3 rings (SSSR count). The van der Waals surface area contributed by atoms with Crippen molar-refractivity contribution in [2.75, 3.05) is 5.32 Å². The molecule has 1 aliphatic carbocycles. The van der Waals surface area contributed by atoms with Gasteiger partial charge in [-0.15, -0.1) is 0 Å². The highest BCUT2D eigenvalue weighted by Crippen LogP contribution is 2.41. The molecule has 1 saturated carbocycles. The Morgan fingerprint density at radius 2 is 2.18 bits per heavy atom. The van der Waals surface area contributed by atoms with E-state index in [-0.39, 0.29) is 11.8 Å². The summed E-state index contributed by atoms with van der Waals surface area (Å²) in [6.45, 7) is 4.38. The quantitative estimate of drug-likeness (QED) is 0.900. The van der Waals surface area contributed by atoms with Crippen molar-refractivity contribution < 1.29 is 9.59 Å². The smallest absolute Gasteiger partial charge is 0.315 e. The van der Waals surface area contributed by atoms with Gasteiger partial charge >= 0.3 is 6.03 Å². The number of hydrogen-bond donors (Lipinski definition) is 2. The van der Waals surface area contributed by atoms with E-state index in [0.717, 1.165) is 17.7 Å². The molecule has 0 saturated heterocycles. The van der Waals surface area contributed by atoms with E-state index in [1.165, 1.54) is 23.3 Å². The number of anilines is 1. The Labute approximate surface area is 130 Å². The van der Waals surface area contributed by atoms with E-state index in [2.05, 4.69) is 17.4 Å². The second-order valence-electron chi connectivity index (χ2n) is 6.48. The molecule has 1 aromatic carbocycles. The summed E-state index contributed by atoms with van der Waals surface area (Å²) < 4.78 is 0. The highest BCUT2D eigenvalue weighted by molar-refractivity contribution is 5.98. The molecule has 1 aromatic rings. The monoisotopic (exact) mass is 301 g/mol. The van der Waals surface area contributed by atoms with Gasteiger partial charge in [0.2, 0.25) is 5.91 Å². The first-order valence-corrected chi connectivity index (χ1v) is 8.01. The number of fused-ring (bicyclic) bond motifs is 1. The second kappa shape index (κ2) is 5.63. The van der Waals surface area contributed by atoms with Crippen LogP contribution in [0.2, 0.25) is 0 Å². The molecule has 0 spiro atoms. The molecule has 3 N–H and O–H groups in total. The van der Waals surface area contributed by atoms with Crippen molar-refractivity contribution in [3.63, 3.8) is 0 Å². The van der Waals surface area contributed by atoms with Crippen LogP contribution < -0.4 is 11.1 Å². The molecular weight excluding hydrogens is 278 g/mol. The summed E-state index contributed by atoms with van der Waals surface area (Å²) in [5.41, 5.74) is 8.62. The number of amides is 3. The first-order valence-electron chi connectivity index (χ1n) is 8.01. The van der Waals surface area contributed by atoms with E-state index in [9.17, 15) is 9.59 Å². The first-order chi connectivity index (χ1) is 10.5. The molecule has 0 bridgehead atoms. The Morgan fingerprint density at radius 1 is 1.45 bits per heavy atom. The Kier molecular flexibility index (Phi) is 3.81. The molecule has 0 aromatic heterocycles. The van der Waals surface area contributed by atoms with Crippen molar-refractivity contribution >= 4 is 17.6 Å². The second-order valence-corrected chi connectivity index (χ2v) is 6.48. The van der Waals surface area contributed by atoms with Crippen molar-refractivity contribution in [1.29, 1.82) is 0 Å². The Bertz CT molecular complexity index is 610. The molecule has 0 radical (unpaired) electrons. The minimum atomic E-state index is -0.537. The van der Waals surface area contributed by atoms with Crippen LogP contribution >= 0.6 is 0 Å². The highest BCUT2D eigenvalue weighted by atomic mass is 16.2. The molecule has 1 fully saturated rings. The Hall–Kier alpha value is -2.04. The number of benzene rings is 1. The minimum Gasteiger partial charge on any atom is -0.351 e. The number of hydrogen-bond acceptors (Lipinski definition) is 2. The van der Waals surface area contributed by atoms with Crippen LogP contribution in [-0.2, 0) is 11.3 Å². The Morgan fingerprint density at radius 3 is 2.77 bits per heavy atom. The number of nitrogens with two attached hydrogens (primary N) is 1. The minimum absolute atomic E-state index is 0.0599. The molecule has 22 heavy (non-hydrogen) atoms. The van der Waals surface area contributed by atoms with Crippen molar-refractivity contribution in [2.24, 2.45) is 11.7 Å². The summed E-state index contributed by atoms with van der Waals surface area (Å²) in [5, 5.41) is 2.97. The molecule has 118 valence electrons. The summed E-state index contributed by atoms with van der Waals surface area (Å²) in [6.07, 6.45) is 3.26. The molecule has 0 unspecified atom stereocenters. The molecule has 2 aliphatic rings. The Balaban J connectivity index is 1.98. The van der Waals surface area contributed by atoms with Crippen molar-refractivity contribution in [3.8, 4) is 0 Å². The van der Waals surface area contributed by atoms with Crippen molar-refractivity contribution in [1.82, 2.24) is 4.90 Å². The normalized spacial score (nSPS) is 22.5. The maximum atomic E-state index is 12.6. The molecule has 1 aliphatic heterocycles. The predicted molar refractivity (Wildman–Crippen MR) is 85.4 cm³/mol. The lowest BCUT2D eigenvalue weighted by molar-refractivity contribution is -0.121. The molecule has 1 heterocycles. The molecule has 3 amide bonds. The standard InChI is InChI=1S/C17H23N3O2/c1-3-10(2)15-16(21)19-14-7-6-12(11-4-5-11)8-13(14)9-20(15)17(18)22/h6-8,10-11,15H,3-5,9H2,1-2H3,(H2,18,22)(H,19,21)/t10-,15-/m0/s1. The fourth-order valence-electron chi connectivity index (χ4n) is 3.17. The van der Waals surface area contributed by atoms with Crippen LogP contribution in [0.5, 0.6) is 0 Å². The topological polar surface area (TPSA) is 75.4 Å². The fraction of sp³-hybridized carbons (Fsp3) is 0.529. The predicted octanol–water partition coefficient (Wildman–Crippen LogP) is 2.81. The summed E-state index contributed by atoms with van der Waals surface area (Å²) >= 11 is 0. The summed E-state index contributed by atoms with van der Waals surface area (Å²) in [6, 6.07) is 5.10. The average molecular weight is 301 g/mol. The number of nitrogens with one attached hydrogen (secondary N) is 1. The van der Waals surface area contributed by atoms with Crippen LogP contribution in [0.25, 0.3) is 0 Å². The van der Waals surface area contributed by atoms with E-state index in [1.807, 2.05) is 19.9 Å². The SMILES string of the molecule is CC[C@H](C)[C@H]1C(=O)Nc2ccc(C3CC3)cc2CN1C(N)=O. The van der Waals surface area contributed by atoms with Gasteiger partial charge in [0.05, 0.1) is 6.54 Å². The zero-order valence-electron chi connectivity index (χ0n) is 13.1. The lowest BCUT2D eigenvalue weighted by Gasteiger charge is -2.30. The van der Waals surface area contributed by atoms with Gasteiger partial charge in [-0.05, 0) is 41.9 Å². The van der Waals surface area contributed by atoms with Crippen LogP contribution in [0, 0.1) is 5.92 Å². The number of nitrogens with zero attached hydrogens (tertiary/aromatic N) is 1. The number of carbonyl (C=O) groups excluding carboxylic acids is 2. The van der Waals surface area contributed by atoms with Gasteiger partial charge in [-0.3, -0.25) is 4.79 Å². The van der Waals surface area contributed by atoms with Crippen LogP contribution in [0.3, 0.4) is 0 Å². The lowest BCUT2D eigenvalue weighted by atomic mass is 9.97. The maximum absolute atomic E-state index is 12.6. The number of rotatable bonds is 3. The molecular formula is C17H23N3O2. The van der Waals surface area contributed by atoms with Gasteiger partial charge in [0.15, 0.2) is 0 Å². The third-order valence-electron chi connectivity index (χ3n) is 4.85. The largest absolute Gasteiger partial charge is 0.351 e. The van der Waals surface area contributed by atoms with E-state index < -0.39 is 12.1 Å². The van der Waals surface area contributed by atoms with E-state index in [0.29, 0.717) is 12.5 Å². The third kappa shape index (κ3) is 2.67. The number of primary amides is 1. The van der Waals surface area contributed by atoms with Gasteiger partial charge in [-0.25, -0.2) is 4.79 Å². The highest BCUT2D eigenvalue weighted by Gasteiger charge is 2.36. The number of urea groups is 1. The van der Waals surface area contributed by atoms with Crippen LogP contribution in [0.15, 0.2) is 18.2 Å². The van der Waals surface area contributed by atoms with Crippen LogP contribution in [0.1, 0.15) is 50.2 Å². The zero-order chi connectivity index (χ0) is 15.9. The van der Waals surface area contributed by atoms with Gasteiger partial charge in [0.25, 0.3) is 0 Å². The lowest BCUT2D eigenvalue weighted by Crippen LogP contribution is -2.50. The molecule has 2 atom stereocenters. The van der Waals surface area contributed by atoms with Crippen LogP contribution in [0.4, 0.5) is 10.5 Å². The summed E-state index contributed by atoms with van der Waals surface area (Å²) in [5.74, 6) is 0.549.